The normalized spacial score (nSPS) is 9.97. The van der Waals surface area contributed by atoms with Crippen LogP contribution in [0.3, 0.4) is 0 Å². The van der Waals surface area contributed by atoms with Crippen molar-refractivity contribution in [3.8, 4) is 22.9 Å². The monoisotopic (exact) mass is 407 g/mol. The number of aromatic nitrogens is 1. The molecule has 0 radical (unpaired) electrons. The average molecular weight is 408 g/mol. The molecule has 5 nitrogen and oxygen atoms in total. The molecule has 0 saturated heterocycles. The largest absolute Gasteiger partial charge is 0.489 e. The summed E-state index contributed by atoms with van der Waals surface area (Å²) in [4.78, 5) is 15.1. The quantitative estimate of drug-likeness (QED) is 0.513. The number of hydrogen-bond acceptors (Lipinski definition) is 4. The van der Waals surface area contributed by atoms with Gasteiger partial charge in [0, 0.05) is 18.1 Å². The third-order valence-electron chi connectivity index (χ3n) is 4.11. The Kier molecular flexibility index (Phi) is 9.38. The van der Waals surface area contributed by atoms with Crippen LogP contribution in [-0.2, 0) is 17.8 Å². The van der Waals surface area contributed by atoms with E-state index in [-0.39, 0.29) is 6.42 Å². The standard InChI is InChI=1S/C22H21NO4.C3H8/c1-26-21-7-3-6-20(23-21)18-11-8-17(9-12-18)15-27-19-5-2-4-16(14-19)10-13-22(24)25;1-3-2/h2-9,11-12,14H,10,13,15H2,1H3,(H,24,25);3H2,1-2H3. The highest BCUT2D eigenvalue weighted by Gasteiger charge is 2.04. The lowest BCUT2D eigenvalue weighted by atomic mass is 10.1. The summed E-state index contributed by atoms with van der Waals surface area (Å²) < 4.78 is 11.0. The van der Waals surface area contributed by atoms with E-state index in [0.717, 1.165) is 28.1 Å². The second kappa shape index (κ2) is 12.3. The van der Waals surface area contributed by atoms with Gasteiger partial charge in [-0.2, -0.15) is 0 Å². The number of aliphatic carboxylic acids is 1. The summed E-state index contributed by atoms with van der Waals surface area (Å²) in [5.74, 6) is 0.519. The first-order valence-electron chi connectivity index (χ1n) is 10.1. The van der Waals surface area contributed by atoms with E-state index in [4.69, 9.17) is 14.6 Å². The van der Waals surface area contributed by atoms with Crippen molar-refractivity contribution < 1.29 is 19.4 Å². The first-order chi connectivity index (χ1) is 14.5. The van der Waals surface area contributed by atoms with Crippen LogP contribution in [0.25, 0.3) is 11.3 Å². The van der Waals surface area contributed by atoms with Crippen LogP contribution >= 0.6 is 0 Å². The van der Waals surface area contributed by atoms with Crippen LogP contribution in [0.1, 0.15) is 37.8 Å². The molecule has 0 fully saturated rings. The van der Waals surface area contributed by atoms with Crippen LogP contribution < -0.4 is 9.47 Å². The van der Waals surface area contributed by atoms with E-state index in [1.54, 1.807) is 7.11 Å². The Morgan fingerprint density at radius 2 is 1.67 bits per heavy atom. The number of methoxy groups -OCH3 is 1. The number of nitrogens with zero attached hydrogens (tertiary/aromatic N) is 1. The topological polar surface area (TPSA) is 68.7 Å². The fourth-order valence-corrected chi connectivity index (χ4v) is 2.67. The molecule has 5 heteroatoms. The van der Waals surface area contributed by atoms with Gasteiger partial charge in [0.1, 0.15) is 12.4 Å². The Balaban J connectivity index is 0.00000101. The van der Waals surface area contributed by atoms with Gasteiger partial charge in [0.2, 0.25) is 5.88 Å². The smallest absolute Gasteiger partial charge is 0.303 e. The molecule has 3 aromatic rings. The van der Waals surface area contributed by atoms with Gasteiger partial charge in [-0.25, -0.2) is 4.98 Å². The van der Waals surface area contributed by atoms with Crippen LogP contribution in [0.2, 0.25) is 0 Å². The number of carboxylic acid groups (broad SMARTS) is 1. The maximum absolute atomic E-state index is 10.7. The van der Waals surface area contributed by atoms with E-state index in [2.05, 4.69) is 18.8 Å². The fourth-order valence-electron chi connectivity index (χ4n) is 2.67. The Bertz CT molecular complexity index is 922. The Labute approximate surface area is 178 Å². The van der Waals surface area contributed by atoms with Crippen molar-refractivity contribution in [3.63, 3.8) is 0 Å². The molecule has 30 heavy (non-hydrogen) atoms. The number of carbonyl (C=O) groups is 1. The molecule has 0 aliphatic heterocycles. The average Bonchev–Trinajstić information content (AvgIpc) is 2.77. The van der Waals surface area contributed by atoms with Gasteiger partial charge in [-0.1, -0.05) is 62.7 Å². The Morgan fingerprint density at radius 3 is 2.33 bits per heavy atom. The molecule has 0 unspecified atom stereocenters. The second-order valence-corrected chi connectivity index (χ2v) is 6.80. The summed E-state index contributed by atoms with van der Waals surface area (Å²) in [6.45, 7) is 4.69. The lowest BCUT2D eigenvalue weighted by Crippen LogP contribution is -1.99. The maximum atomic E-state index is 10.7. The summed E-state index contributed by atoms with van der Waals surface area (Å²) in [6.07, 6.45) is 1.86. The lowest BCUT2D eigenvalue weighted by Gasteiger charge is -2.09. The molecule has 1 N–H and O–H groups in total. The highest BCUT2D eigenvalue weighted by molar-refractivity contribution is 5.67. The zero-order valence-corrected chi connectivity index (χ0v) is 17.8. The zero-order chi connectivity index (χ0) is 21.8. The van der Waals surface area contributed by atoms with Crippen LogP contribution in [0.5, 0.6) is 11.6 Å². The van der Waals surface area contributed by atoms with Gasteiger partial charge in [-0.15, -0.1) is 0 Å². The Morgan fingerprint density at radius 1 is 0.967 bits per heavy atom. The number of benzene rings is 2. The fraction of sp³-hybridized carbons (Fsp3) is 0.280. The summed E-state index contributed by atoms with van der Waals surface area (Å²) >= 11 is 0. The minimum atomic E-state index is -0.799. The number of pyridine rings is 1. The van der Waals surface area contributed by atoms with E-state index < -0.39 is 5.97 Å². The van der Waals surface area contributed by atoms with Crippen LogP contribution in [-0.4, -0.2) is 23.2 Å². The van der Waals surface area contributed by atoms with Gasteiger partial charge in [0.25, 0.3) is 0 Å². The molecule has 0 aliphatic rings. The summed E-state index contributed by atoms with van der Waals surface area (Å²) in [7, 11) is 1.60. The molecule has 0 amide bonds. The third kappa shape index (κ3) is 7.59. The molecular formula is C25H29NO4. The summed E-state index contributed by atoms with van der Waals surface area (Å²) in [6, 6.07) is 21.2. The van der Waals surface area contributed by atoms with Gasteiger partial charge in [0.15, 0.2) is 0 Å². The van der Waals surface area contributed by atoms with Gasteiger partial charge in [-0.05, 0) is 35.7 Å². The van der Waals surface area contributed by atoms with Crippen molar-refractivity contribution in [3.05, 3.63) is 77.9 Å². The molecule has 0 atom stereocenters. The predicted molar refractivity (Wildman–Crippen MR) is 119 cm³/mol. The number of ether oxygens (including phenoxy) is 2. The highest BCUT2D eigenvalue weighted by Crippen LogP contribution is 2.21. The van der Waals surface area contributed by atoms with Gasteiger partial charge >= 0.3 is 5.97 Å². The first kappa shape index (κ1) is 22.9. The first-order valence-corrected chi connectivity index (χ1v) is 10.1. The second-order valence-electron chi connectivity index (χ2n) is 6.80. The van der Waals surface area contributed by atoms with Crippen LogP contribution in [0, 0.1) is 0 Å². The number of carboxylic acids is 1. The zero-order valence-electron chi connectivity index (χ0n) is 17.8. The van der Waals surface area contributed by atoms with Gasteiger partial charge < -0.3 is 14.6 Å². The maximum Gasteiger partial charge on any atom is 0.303 e. The Hall–Kier alpha value is -3.34. The van der Waals surface area contributed by atoms with Crippen molar-refractivity contribution in [1.29, 1.82) is 0 Å². The van der Waals surface area contributed by atoms with Crippen molar-refractivity contribution in [2.24, 2.45) is 0 Å². The SMILES string of the molecule is CCC.COc1cccc(-c2ccc(COc3cccc(CCC(=O)O)c3)cc2)n1. The molecule has 3 rings (SSSR count). The number of rotatable bonds is 8. The molecule has 0 aliphatic carbocycles. The van der Waals surface area contributed by atoms with Crippen molar-refractivity contribution in [1.82, 2.24) is 4.98 Å². The molecule has 0 saturated carbocycles. The number of aryl methyl sites for hydroxylation is 1. The van der Waals surface area contributed by atoms with Crippen molar-refractivity contribution in [2.75, 3.05) is 7.11 Å². The van der Waals surface area contributed by atoms with Crippen molar-refractivity contribution >= 4 is 5.97 Å². The minimum Gasteiger partial charge on any atom is -0.489 e. The molecular weight excluding hydrogens is 378 g/mol. The number of hydrogen-bond donors (Lipinski definition) is 1. The van der Waals surface area contributed by atoms with E-state index in [9.17, 15) is 4.79 Å². The molecule has 0 spiro atoms. The highest BCUT2D eigenvalue weighted by atomic mass is 16.5. The molecule has 158 valence electrons. The van der Waals surface area contributed by atoms with Crippen LogP contribution in [0.15, 0.2) is 66.7 Å². The van der Waals surface area contributed by atoms with Gasteiger partial charge in [-0.3, -0.25) is 4.79 Å². The van der Waals surface area contributed by atoms with E-state index >= 15 is 0 Å². The summed E-state index contributed by atoms with van der Waals surface area (Å²) in [5.41, 5.74) is 3.85. The van der Waals surface area contributed by atoms with E-state index in [1.807, 2.05) is 66.7 Å². The summed E-state index contributed by atoms with van der Waals surface area (Å²) in [5, 5.41) is 8.79. The molecule has 1 heterocycles. The molecule has 0 bridgehead atoms. The third-order valence-corrected chi connectivity index (χ3v) is 4.11. The van der Waals surface area contributed by atoms with Gasteiger partial charge in [0.05, 0.1) is 12.8 Å². The minimum absolute atomic E-state index is 0.114. The van der Waals surface area contributed by atoms with Crippen molar-refractivity contribution in [2.45, 2.75) is 39.7 Å². The molecule has 2 aromatic carbocycles. The van der Waals surface area contributed by atoms with E-state index in [0.29, 0.717) is 18.9 Å². The predicted octanol–water partition coefficient (Wildman–Crippen LogP) is 5.77. The molecule has 1 aromatic heterocycles. The van der Waals surface area contributed by atoms with Crippen LogP contribution in [0.4, 0.5) is 0 Å². The van der Waals surface area contributed by atoms with E-state index in [1.165, 1.54) is 6.42 Å². The lowest BCUT2D eigenvalue weighted by molar-refractivity contribution is -0.136.